The van der Waals surface area contributed by atoms with Crippen LogP contribution in [0, 0.1) is 0 Å². The molecule has 0 aliphatic carbocycles. The lowest BCUT2D eigenvalue weighted by Gasteiger charge is -2.07. The molecule has 3 aromatic rings. The molecule has 0 aliphatic heterocycles. The van der Waals surface area contributed by atoms with Gasteiger partial charge in [-0.05, 0) is 35.0 Å². The van der Waals surface area contributed by atoms with E-state index < -0.39 is 6.61 Å². The summed E-state index contributed by atoms with van der Waals surface area (Å²) in [6, 6.07) is 9.95. The Kier molecular flexibility index (Phi) is 3.16. The number of fused-ring (bicyclic) bond motifs is 1. The Labute approximate surface area is 112 Å². The fourth-order valence-electron chi connectivity index (χ4n) is 1.80. The van der Waals surface area contributed by atoms with Crippen LogP contribution in [-0.2, 0) is 0 Å². The molecule has 102 valence electrons. The molecular formula is C13H9F2N3O2. The van der Waals surface area contributed by atoms with Crippen LogP contribution in [0.2, 0.25) is 0 Å². The summed E-state index contributed by atoms with van der Waals surface area (Å²) in [6.45, 7) is -2.83. The lowest BCUT2D eigenvalue weighted by atomic mass is 10.1. The first-order valence-electron chi connectivity index (χ1n) is 5.73. The van der Waals surface area contributed by atoms with Crippen LogP contribution < -0.4 is 9.47 Å². The van der Waals surface area contributed by atoms with E-state index in [0.717, 1.165) is 10.8 Å². The van der Waals surface area contributed by atoms with Crippen molar-refractivity contribution in [3.05, 3.63) is 42.6 Å². The van der Waals surface area contributed by atoms with Gasteiger partial charge in [0.25, 0.3) is 5.88 Å². The van der Waals surface area contributed by atoms with Crippen LogP contribution >= 0.6 is 0 Å². The molecule has 1 aromatic heterocycles. The van der Waals surface area contributed by atoms with Crippen LogP contribution in [0.15, 0.2) is 42.6 Å². The predicted molar refractivity (Wildman–Crippen MR) is 67.0 cm³/mol. The van der Waals surface area contributed by atoms with E-state index >= 15 is 0 Å². The second-order valence-electron chi connectivity index (χ2n) is 3.96. The zero-order chi connectivity index (χ0) is 13.9. The molecule has 0 saturated carbocycles. The summed E-state index contributed by atoms with van der Waals surface area (Å²) in [5.41, 5.74) is 0. The van der Waals surface area contributed by atoms with Gasteiger partial charge in [0.15, 0.2) is 0 Å². The molecule has 1 heterocycles. The van der Waals surface area contributed by atoms with E-state index in [2.05, 4.69) is 20.1 Å². The molecule has 0 fully saturated rings. The summed E-state index contributed by atoms with van der Waals surface area (Å²) < 4.78 is 34.1. The molecule has 0 amide bonds. The molecule has 20 heavy (non-hydrogen) atoms. The monoisotopic (exact) mass is 277 g/mol. The van der Waals surface area contributed by atoms with Gasteiger partial charge in [0.05, 0.1) is 0 Å². The molecule has 0 aliphatic rings. The van der Waals surface area contributed by atoms with E-state index in [1.807, 2.05) is 0 Å². The maximum Gasteiger partial charge on any atom is 0.387 e. The number of nitrogens with one attached hydrogen (secondary N) is 1. The van der Waals surface area contributed by atoms with Crippen molar-refractivity contribution in [2.24, 2.45) is 0 Å². The van der Waals surface area contributed by atoms with Crippen molar-refractivity contribution < 1.29 is 18.3 Å². The SMILES string of the molecule is FC(F)Oc1ccc2cc(Oc3cn[nH]n3)ccc2c1. The van der Waals surface area contributed by atoms with E-state index in [-0.39, 0.29) is 5.75 Å². The summed E-state index contributed by atoms with van der Waals surface area (Å²) in [4.78, 5) is 0. The maximum absolute atomic E-state index is 12.1. The van der Waals surface area contributed by atoms with Crippen molar-refractivity contribution in [2.75, 3.05) is 0 Å². The van der Waals surface area contributed by atoms with Crippen molar-refractivity contribution >= 4 is 10.8 Å². The number of halogens is 2. The van der Waals surface area contributed by atoms with Gasteiger partial charge in [0.1, 0.15) is 17.7 Å². The number of alkyl halides is 2. The Morgan fingerprint density at radius 3 is 2.35 bits per heavy atom. The van der Waals surface area contributed by atoms with E-state index in [1.54, 1.807) is 30.3 Å². The molecule has 3 rings (SSSR count). The number of hydrogen-bond donors (Lipinski definition) is 1. The van der Waals surface area contributed by atoms with E-state index in [1.165, 1.54) is 12.3 Å². The Bertz CT molecular complexity index is 717. The highest BCUT2D eigenvalue weighted by Crippen LogP contribution is 2.27. The van der Waals surface area contributed by atoms with Crippen LogP contribution in [0.5, 0.6) is 17.4 Å². The fourth-order valence-corrected chi connectivity index (χ4v) is 1.80. The van der Waals surface area contributed by atoms with Gasteiger partial charge >= 0.3 is 6.61 Å². The van der Waals surface area contributed by atoms with Crippen molar-refractivity contribution in [1.82, 2.24) is 15.4 Å². The number of benzene rings is 2. The number of ether oxygens (including phenoxy) is 2. The van der Waals surface area contributed by atoms with Crippen LogP contribution in [0.3, 0.4) is 0 Å². The van der Waals surface area contributed by atoms with Gasteiger partial charge in [-0.15, -0.1) is 5.10 Å². The third-order valence-electron chi connectivity index (χ3n) is 2.62. The molecule has 0 bridgehead atoms. The van der Waals surface area contributed by atoms with Gasteiger partial charge < -0.3 is 9.47 Å². The highest BCUT2D eigenvalue weighted by atomic mass is 19.3. The Morgan fingerprint density at radius 2 is 1.70 bits per heavy atom. The summed E-state index contributed by atoms with van der Waals surface area (Å²) in [5, 5.41) is 11.5. The number of aromatic amines is 1. The van der Waals surface area contributed by atoms with Gasteiger partial charge in [0, 0.05) is 0 Å². The average molecular weight is 277 g/mol. The molecular weight excluding hydrogens is 268 g/mol. The molecule has 2 aromatic carbocycles. The van der Waals surface area contributed by atoms with Gasteiger partial charge in [-0.25, -0.2) is 0 Å². The second-order valence-corrected chi connectivity index (χ2v) is 3.96. The first-order valence-corrected chi connectivity index (χ1v) is 5.73. The average Bonchev–Trinajstić information content (AvgIpc) is 2.91. The Balaban J connectivity index is 1.88. The first kappa shape index (κ1) is 12.3. The third kappa shape index (κ3) is 2.66. The zero-order valence-corrected chi connectivity index (χ0v) is 10.1. The van der Waals surface area contributed by atoms with Crippen LogP contribution in [0.4, 0.5) is 8.78 Å². The number of H-pyrrole nitrogens is 1. The molecule has 0 radical (unpaired) electrons. The molecule has 7 heteroatoms. The first-order chi connectivity index (χ1) is 9.70. The topological polar surface area (TPSA) is 60.0 Å². The molecule has 0 spiro atoms. The quantitative estimate of drug-likeness (QED) is 0.794. The normalized spacial score (nSPS) is 10.9. The number of aromatic nitrogens is 3. The highest BCUT2D eigenvalue weighted by molar-refractivity contribution is 5.85. The molecule has 0 unspecified atom stereocenters. The summed E-state index contributed by atoms with van der Waals surface area (Å²) in [7, 11) is 0. The maximum atomic E-state index is 12.1. The minimum absolute atomic E-state index is 0.123. The Hall–Kier alpha value is -2.70. The molecule has 5 nitrogen and oxygen atoms in total. The predicted octanol–water partition coefficient (Wildman–Crippen LogP) is 3.35. The van der Waals surface area contributed by atoms with Crippen molar-refractivity contribution in [3.63, 3.8) is 0 Å². The summed E-state index contributed by atoms with van der Waals surface area (Å²) in [5.74, 6) is 1.05. The van der Waals surface area contributed by atoms with Crippen LogP contribution in [0.25, 0.3) is 10.8 Å². The molecule has 0 atom stereocenters. The number of rotatable bonds is 4. The largest absolute Gasteiger partial charge is 0.436 e. The zero-order valence-electron chi connectivity index (χ0n) is 10.1. The van der Waals surface area contributed by atoms with E-state index in [4.69, 9.17) is 4.74 Å². The fraction of sp³-hybridized carbons (Fsp3) is 0.0769. The van der Waals surface area contributed by atoms with Gasteiger partial charge in [-0.2, -0.15) is 19.1 Å². The minimum atomic E-state index is -2.83. The molecule has 0 saturated heterocycles. The van der Waals surface area contributed by atoms with Crippen LogP contribution in [0.1, 0.15) is 0 Å². The number of hydrogen-bond acceptors (Lipinski definition) is 4. The Morgan fingerprint density at radius 1 is 1.00 bits per heavy atom. The van der Waals surface area contributed by atoms with Gasteiger partial charge in [-0.3, -0.25) is 0 Å². The highest BCUT2D eigenvalue weighted by Gasteiger charge is 2.06. The summed E-state index contributed by atoms with van der Waals surface area (Å²) >= 11 is 0. The van der Waals surface area contributed by atoms with Crippen molar-refractivity contribution in [3.8, 4) is 17.4 Å². The van der Waals surface area contributed by atoms with Crippen LogP contribution in [-0.4, -0.2) is 22.0 Å². The molecule has 1 N–H and O–H groups in total. The lowest BCUT2D eigenvalue weighted by Crippen LogP contribution is -2.01. The van der Waals surface area contributed by atoms with Gasteiger partial charge in [0.2, 0.25) is 0 Å². The smallest absolute Gasteiger partial charge is 0.387 e. The standard InChI is InChI=1S/C13H9F2N3O2/c14-13(15)20-11-4-2-8-5-10(3-1-9(8)6-11)19-12-7-16-18-17-12/h1-7,13H,(H,16,17,18). The number of nitrogens with zero attached hydrogens (tertiary/aromatic N) is 2. The van der Waals surface area contributed by atoms with Gasteiger partial charge in [-0.1, -0.05) is 12.1 Å². The minimum Gasteiger partial charge on any atom is -0.436 e. The van der Waals surface area contributed by atoms with Crippen molar-refractivity contribution in [2.45, 2.75) is 6.61 Å². The van der Waals surface area contributed by atoms with E-state index in [0.29, 0.717) is 11.6 Å². The van der Waals surface area contributed by atoms with E-state index in [9.17, 15) is 8.78 Å². The third-order valence-corrected chi connectivity index (χ3v) is 2.62. The second kappa shape index (κ2) is 5.12. The lowest BCUT2D eigenvalue weighted by molar-refractivity contribution is -0.0497. The van der Waals surface area contributed by atoms with Crippen molar-refractivity contribution in [1.29, 1.82) is 0 Å². The summed E-state index contributed by atoms with van der Waals surface area (Å²) in [6.07, 6.45) is 1.45.